The minimum atomic E-state index is -3.64. The molecule has 0 amide bonds. The molecule has 0 spiro atoms. The summed E-state index contributed by atoms with van der Waals surface area (Å²) in [6.45, 7) is 9.20. The normalized spacial score (nSPS) is 17.8. The second-order valence-electron chi connectivity index (χ2n) is 9.16. The van der Waals surface area contributed by atoms with Gasteiger partial charge in [0.1, 0.15) is 20.8 Å². The molecule has 35 heavy (non-hydrogen) atoms. The van der Waals surface area contributed by atoms with E-state index in [9.17, 15) is 8.42 Å². The molecule has 6 rings (SSSR count). The van der Waals surface area contributed by atoms with Gasteiger partial charge in [0.05, 0.1) is 11.2 Å². The van der Waals surface area contributed by atoms with E-state index in [4.69, 9.17) is 15.1 Å². The lowest BCUT2D eigenvalue weighted by Gasteiger charge is -2.30. The number of thiophene rings is 1. The number of aromatic nitrogens is 7. The SMILES string of the molecule is CCn1cc(S(=O)(=O)N2CCCC(c3nc4c5sc6nc(C)cc(C)c6c5ncn4n3)C2)c(C)n1. The first kappa shape index (κ1) is 22.5. The molecule has 0 aliphatic carbocycles. The van der Waals surface area contributed by atoms with Gasteiger partial charge in [-0.2, -0.15) is 9.40 Å². The topological polar surface area (TPSA) is 111 Å². The van der Waals surface area contributed by atoms with Crippen LogP contribution in [0.2, 0.25) is 0 Å². The molecule has 1 fully saturated rings. The number of hydrogen-bond acceptors (Lipinski definition) is 8. The van der Waals surface area contributed by atoms with E-state index in [1.54, 1.807) is 44.3 Å². The summed E-state index contributed by atoms with van der Waals surface area (Å²) in [5.41, 5.74) is 4.27. The van der Waals surface area contributed by atoms with Crippen LogP contribution >= 0.6 is 11.3 Å². The average Bonchev–Trinajstić information content (AvgIpc) is 3.53. The first-order valence-electron chi connectivity index (χ1n) is 11.7. The highest BCUT2D eigenvalue weighted by Crippen LogP contribution is 2.36. The van der Waals surface area contributed by atoms with Gasteiger partial charge in [0, 0.05) is 42.8 Å². The maximum absolute atomic E-state index is 13.4. The van der Waals surface area contributed by atoms with Gasteiger partial charge in [-0.25, -0.2) is 27.9 Å². The summed E-state index contributed by atoms with van der Waals surface area (Å²) in [4.78, 5) is 15.5. The van der Waals surface area contributed by atoms with E-state index in [0.29, 0.717) is 31.2 Å². The monoisotopic (exact) mass is 510 g/mol. The average molecular weight is 511 g/mol. The van der Waals surface area contributed by atoms with Crippen LogP contribution < -0.4 is 0 Å². The Hall–Kier alpha value is -2.96. The molecule has 0 aromatic carbocycles. The smallest absolute Gasteiger partial charge is 0.246 e. The molecule has 1 aliphatic rings. The first-order chi connectivity index (χ1) is 16.8. The predicted octanol–water partition coefficient (Wildman–Crippen LogP) is 3.60. The van der Waals surface area contributed by atoms with Crippen molar-refractivity contribution in [1.29, 1.82) is 0 Å². The van der Waals surface area contributed by atoms with E-state index in [0.717, 1.165) is 50.2 Å². The van der Waals surface area contributed by atoms with Gasteiger partial charge in [-0.05, 0) is 52.2 Å². The Morgan fingerprint density at radius 1 is 1.17 bits per heavy atom. The molecule has 0 N–H and O–H groups in total. The fraction of sp³-hybridized carbons (Fsp3) is 0.435. The largest absolute Gasteiger partial charge is 0.271 e. The lowest BCUT2D eigenvalue weighted by molar-refractivity contribution is 0.309. The predicted molar refractivity (Wildman–Crippen MR) is 134 cm³/mol. The first-order valence-corrected chi connectivity index (χ1v) is 14.0. The van der Waals surface area contributed by atoms with Gasteiger partial charge < -0.3 is 0 Å². The quantitative estimate of drug-likeness (QED) is 0.363. The summed E-state index contributed by atoms with van der Waals surface area (Å²) in [6.07, 6.45) is 4.90. The zero-order valence-corrected chi connectivity index (χ0v) is 21.7. The van der Waals surface area contributed by atoms with Crippen LogP contribution in [0.5, 0.6) is 0 Å². The minimum Gasteiger partial charge on any atom is -0.271 e. The van der Waals surface area contributed by atoms with Crippen molar-refractivity contribution < 1.29 is 8.42 Å². The molecule has 5 aromatic rings. The van der Waals surface area contributed by atoms with Crippen LogP contribution in [0.15, 0.2) is 23.5 Å². The van der Waals surface area contributed by atoms with E-state index in [1.165, 1.54) is 0 Å². The summed E-state index contributed by atoms with van der Waals surface area (Å²) < 4.78 is 32.7. The van der Waals surface area contributed by atoms with Crippen molar-refractivity contribution in [3.8, 4) is 0 Å². The van der Waals surface area contributed by atoms with Gasteiger partial charge >= 0.3 is 0 Å². The number of aryl methyl sites for hydroxylation is 4. The Labute approximate surface area is 206 Å². The molecule has 5 aromatic heterocycles. The Kier molecular flexibility index (Phi) is 5.17. The van der Waals surface area contributed by atoms with Crippen molar-refractivity contribution in [1.82, 2.24) is 38.7 Å². The van der Waals surface area contributed by atoms with Crippen LogP contribution in [0.3, 0.4) is 0 Å². The van der Waals surface area contributed by atoms with Gasteiger partial charge in [0.25, 0.3) is 0 Å². The zero-order valence-electron chi connectivity index (χ0n) is 20.1. The molecule has 1 aliphatic heterocycles. The van der Waals surface area contributed by atoms with Crippen molar-refractivity contribution in [2.24, 2.45) is 0 Å². The van der Waals surface area contributed by atoms with E-state index < -0.39 is 10.0 Å². The molecule has 6 heterocycles. The Bertz CT molecular complexity index is 1720. The summed E-state index contributed by atoms with van der Waals surface area (Å²) in [6, 6.07) is 2.07. The van der Waals surface area contributed by atoms with Crippen molar-refractivity contribution in [3.63, 3.8) is 0 Å². The summed E-state index contributed by atoms with van der Waals surface area (Å²) >= 11 is 1.58. The summed E-state index contributed by atoms with van der Waals surface area (Å²) in [7, 11) is -3.64. The van der Waals surface area contributed by atoms with Crippen molar-refractivity contribution in [2.45, 2.75) is 57.9 Å². The molecular formula is C23H26N8O2S2. The Balaban J connectivity index is 1.38. The van der Waals surface area contributed by atoms with E-state index in [-0.39, 0.29) is 10.8 Å². The number of pyridine rings is 1. The third-order valence-corrected chi connectivity index (χ3v) is 9.74. The molecule has 0 saturated carbocycles. The molecule has 1 atom stereocenters. The third kappa shape index (κ3) is 3.54. The van der Waals surface area contributed by atoms with Gasteiger partial charge in [0.15, 0.2) is 11.5 Å². The van der Waals surface area contributed by atoms with E-state index >= 15 is 0 Å². The molecule has 182 valence electrons. The number of fused-ring (bicyclic) bond motifs is 5. The van der Waals surface area contributed by atoms with Crippen molar-refractivity contribution >= 4 is 47.4 Å². The van der Waals surface area contributed by atoms with Gasteiger partial charge in [-0.1, -0.05) is 0 Å². The zero-order chi connectivity index (χ0) is 24.5. The van der Waals surface area contributed by atoms with Crippen LogP contribution in [-0.4, -0.2) is 60.2 Å². The second-order valence-corrected chi connectivity index (χ2v) is 12.1. The highest BCUT2D eigenvalue weighted by atomic mass is 32.2. The maximum atomic E-state index is 13.4. The van der Waals surface area contributed by atoms with Crippen molar-refractivity contribution in [3.05, 3.63) is 41.4 Å². The van der Waals surface area contributed by atoms with Crippen molar-refractivity contribution in [2.75, 3.05) is 13.1 Å². The Morgan fingerprint density at radius 2 is 2.00 bits per heavy atom. The lowest BCUT2D eigenvalue weighted by atomic mass is 9.99. The summed E-state index contributed by atoms with van der Waals surface area (Å²) in [5, 5.41) is 10.1. The van der Waals surface area contributed by atoms with Crippen LogP contribution in [0.25, 0.3) is 26.1 Å². The van der Waals surface area contributed by atoms with Crippen LogP contribution in [0.4, 0.5) is 0 Å². The van der Waals surface area contributed by atoms with Gasteiger partial charge in [0.2, 0.25) is 10.0 Å². The minimum absolute atomic E-state index is 0.0912. The number of sulfonamides is 1. The second kappa shape index (κ2) is 8.04. The van der Waals surface area contributed by atoms with E-state index in [1.807, 2.05) is 13.8 Å². The van der Waals surface area contributed by atoms with Crippen LogP contribution in [0.1, 0.15) is 48.5 Å². The molecule has 1 unspecified atom stereocenters. The fourth-order valence-electron chi connectivity index (χ4n) is 4.98. The lowest BCUT2D eigenvalue weighted by Crippen LogP contribution is -2.39. The van der Waals surface area contributed by atoms with Gasteiger partial charge in [-0.15, -0.1) is 16.4 Å². The summed E-state index contributed by atoms with van der Waals surface area (Å²) in [5.74, 6) is 0.560. The molecule has 1 saturated heterocycles. The third-order valence-electron chi connectivity index (χ3n) is 6.70. The number of piperidine rings is 1. The van der Waals surface area contributed by atoms with Crippen LogP contribution in [-0.2, 0) is 16.6 Å². The number of rotatable bonds is 4. The molecule has 0 bridgehead atoms. The molecular weight excluding hydrogens is 484 g/mol. The fourth-order valence-corrected chi connectivity index (χ4v) is 7.90. The number of nitrogens with zero attached hydrogens (tertiary/aromatic N) is 8. The van der Waals surface area contributed by atoms with E-state index in [2.05, 4.69) is 23.1 Å². The highest BCUT2D eigenvalue weighted by Gasteiger charge is 2.34. The molecule has 10 nitrogen and oxygen atoms in total. The molecule has 0 radical (unpaired) electrons. The molecule has 12 heteroatoms. The highest BCUT2D eigenvalue weighted by molar-refractivity contribution is 7.89. The van der Waals surface area contributed by atoms with Gasteiger partial charge in [-0.3, -0.25) is 4.68 Å². The number of hydrogen-bond donors (Lipinski definition) is 0. The Morgan fingerprint density at radius 3 is 2.77 bits per heavy atom. The van der Waals surface area contributed by atoms with Crippen LogP contribution in [0, 0.1) is 20.8 Å². The maximum Gasteiger partial charge on any atom is 0.246 e. The standard InChI is InChI=1S/C23H26N8O2S2/c1-5-29-11-17(15(4)27-29)35(32,33)30-8-6-7-16(10-30)21-26-22-20-19(24-12-31(22)28-21)18-13(2)9-14(3)25-23(18)34-20/h9,11-12,16H,5-8,10H2,1-4H3.